The van der Waals surface area contributed by atoms with Gasteiger partial charge in [0.2, 0.25) is 0 Å². The normalized spacial score (nSPS) is 19.2. The van der Waals surface area contributed by atoms with E-state index in [1.165, 1.54) is 12.8 Å². The van der Waals surface area contributed by atoms with Crippen molar-refractivity contribution >= 4 is 5.97 Å². The van der Waals surface area contributed by atoms with E-state index in [1.54, 1.807) is 0 Å². The van der Waals surface area contributed by atoms with Crippen molar-refractivity contribution in [3.05, 3.63) is 0 Å². The van der Waals surface area contributed by atoms with Crippen LogP contribution in [0.1, 0.15) is 46.5 Å². The van der Waals surface area contributed by atoms with Crippen LogP contribution in [0.15, 0.2) is 0 Å². The minimum Gasteiger partial charge on any atom is -0.465 e. The number of ether oxygens (including phenoxy) is 1. The lowest BCUT2D eigenvalue weighted by atomic mass is 10.1. The van der Waals surface area contributed by atoms with Crippen LogP contribution in [0.25, 0.3) is 0 Å². The molecule has 0 bridgehead atoms. The monoisotopic (exact) mass is 227 g/mol. The van der Waals surface area contributed by atoms with E-state index in [0.717, 1.165) is 25.3 Å². The second-order valence-electron chi connectivity index (χ2n) is 4.82. The molecule has 1 N–H and O–H groups in total. The van der Waals surface area contributed by atoms with Gasteiger partial charge in [-0.15, -0.1) is 0 Å². The van der Waals surface area contributed by atoms with Gasteiger partial charge in [-0.3, -0.25) is 4.79 Å². The molecule has 0 amide bonds. The summed E-state index contributed by atoms with van der Waals surface area (Å²) in [6, 6.07) is -0.105. The molecule has 0 aromatic rings. The molecule has 94 valence electrons. The maximum Gasteiger partial charge on any atom is 0.323 e. The molecule has 16 heavy (non-hydrogen) atoms. The third kappa shape index (κ3) is 4.52. The van der Waals surface area contributed by atoms with Gasteiger partial charge in [-0.2, -0.15) is 0 Å². The second kappa shape index (κ2) is 6.89. The fourth-order valence-corrected chi connectivity index (χ4v) is 1.99. The van der Waals surface area contributed by atoms with Crippen LogP contribution < -0.4 is 5.32 Å². The third-order valence-corrected chi connectivity index (χ3v) is 3.26. The van der Waals surface area contributed by atoms with Crippen molar-refractivity contribution in [3.8, 4) is 0 Å². The number of esters is 1. The van der Waals surface area contributed by atoms with Gasteiger partial charge in [-0.05, 0) is 44.6 Å². The molecule has 1 fully saturated rings. The van der Waals surface area contributed by atoms with Crippen LogP contribution in [0.2, 0.25) is 0 Å². The Kier molecular flexibility index (Phi) is 5.81. The van der Waals surface area contributed by atoms with E-state index in [0.29, 0.717) is 12.5 Å². The molecule has 0 heterocycles. The summed E-state index contributed by atoms with van der Waals surface area (Å²) in [6.07, 6.45) is 4.60. The number of nitrogens with one attached hydrogen (secondary N) is 1. The highest BCUT2D eigenvalue weighted by Gasteiger charge is 2.28. The lowest BCUT2D eigenvalue weighted by molar-refractivity contribution is -0.145. The first-order chi connectivity index (χ1) is 7.69. The first kappa shape index (κ1) is 13.5. The Morgan fingerprint density at radius 3 is 2.62 bits per heavy atom. The number of hydrogen-bond acceptors (Lipinski definition) is 3. The van der Waals surface area contributed by atoms with E-state index >= 15 is 0 Å². The van der Waals surface area contributed by atoms with E-state index in [9.17, 15) is 4.79 Å². The second-order valence-corrected chi connectivity index (χ2v) is 4.82. The van der Waals surface area contributed by atoms with Crippen LogP contribution in [-0.4, -0.2) is 25.2 Å². The van der Waals surface area contributed by atoms with Crippen LogP contribution >= 0.6 is 0 Å². The largest absolute Gasteiger partial charge is 0.465 e. The van der Waals surface area contributed by atoms with Crippen molar-refractivity contribution in [3.63, 3.8) is 0 Å². The van der Waals surface area contributed by atoms with Crippen LogP contribution in [0.4, 0.5) is 0 Å². The Bertz CT molecular complexity index is 214. The fourth-order valence-electron chi connectivity index (χ4n) is 1.99. The minimum atomic E-state index is -0.105. The molecule has 1 rings (SSSR count). The van der Waals surface area contributed by atoms with Crippen LogP contribution in [0, 0.1) is 11.8 Å². The summed E-state index contributed by atoms with van der Waals surface area (Å²) in [5, 5.41) is 3.35. The summed E-state index contributed by atoms with van der Waals surface area (Å²) in [4.78, 5) is 11.6. The lowest BCUT2D eigenvalue weighted by Gasteiger charge is -2.19. The summed E-state index contributed by atoms with van der Waals surface area (Å²) in [6.45, 7) is 7.62. The molecule has 0 aromatic heterocycles. The van der Waals surface area contributed by atoms with Crippen molar-refractivity contribution in [1.82, 2.24) is 5.32 Å². The Labute approximate surface area is 98.9 Å². The molecule has 0 spiro atoms. The number of carbonyl (C=O) groups excluding carboxylic acids is 1. The molecule has 1 aliphatic carbocycles. The minimum absolute atomic E-state index is 0.0904. The SMILES string of the molecule is CCCC(NCC(C)C1CC1)C(=O)OCC. The first-order valence-electron chi connectivity index (χ1n) is 6.59. The van der Waals surface area contributed by atoms with Gasteiger partial charge in [0.25, 0.3) is 0 Å². The van der Waals surface area contributed by atoms with Gasteiger partial charge in [0.15, 0.2) is 0 Å². The Morgan fingerprint density at radius 2 is 2.12 bits per heavy atom. The Morgan fingerprint density at radius 1 is 1.44 bits per heavy atom. The van der Waals surface area contributed by atoms with Crippen molar-refractivity contribution in [1.29, 1.82) is 0 Å². The zero-order valence-corrected chi connectivity index (χ0v) is 10.8. The zero-order chi connectivity index (χ0) is 12.0. The van der Waals surface area contributed by atoms with Gasteiger partial charge in [0, 0.05) is 0 Å². The van der Waals surface area contributed by atoms with Gasteiger partial charge in [-0.1, -0.05) is 20.3 Å². The van der Waals surface area contributed by atoms with E-state index in [2.05, 4.69) is 19.2 Å². The highest BCUT2D eigenvalue weighted by Crippen LogP contribution is 2.36. The summed E-state index contributed by atoms with van der Waals surface area (Å²) in [5.74, 6) is 1.48. The van der Waals surface area contributed by atoms with E-state index in [1.807, 2.05) is 6.92 Å². The van der Waals surface area contributed by atoms with E-state index < -0.39 is 0 Å². The summed E-state index contributed by atoms with van der Waals surface area (Å²) >= 11 is 0. The van der Waals surface area contributed by atoms with Gasteiger partial charge in [0.1, 0.15) is 6.04 Å². The van der Waals surface area contributed by atoms with Crippen molar-refractivity contribution in [2.75, 3.05) is 13.2 Å². The number of rotatable bonds is 8. The summed E-state index contributed by atoms with van der Waals surface area (Å²) in [5.41, 5.74) is 0. The molecule has 1 aliphatic rings. The third-order valence-electron chi connectivity index (χ3n) is 3.26. The highest BCUT2D eigenvalue weighted by atomic mass is 16.5. The van der Waals surface area contributed by atoms with Gasteiger partial charge in [0.05, 0.1) is 6.61 Å². The molecular weight excluding hydrogens is 202 g/mol. The molecule has 3 nitrogen and oxygen atoms in total. The average Bonchev–Trinajstić information content (AvgIpc) is 3.07. The summed E-state index contributed by atoms with van der Waals surface area (Å²) in [7, 11) is 0. The fraction of sp³-hybridized carbons (Fsp3) is 0.923. The molecular formula is C13H25NO2. The van der Waals surface area contributed by atoms with Crippen LogP contribution in [-0.2, 0) is 9.53 Å². The molecule has 2 atom stereocenters. The lowest BCUT2D eigenvalue weighted by Crippen LogP contribution is -2.40. The molecule has 3 heteroatoms. The molecule has 0 radical (unpaired) electrons. The smallest absolute Gasteiger partial charge is 0.323 e. The highest BCUT2D eigenvalue weighted by molar-refractivity contribution is 5.75. The molecule has 2 unspecified atom stereocenters. The van der Waals surface area contributed by atoms with Gasteiger partial charge in [-0.25, -0.2) is 0 Å². The Balaban J connectivity index is 2.28. The maximum atomic E-state index is 11.6. The van der Waals surface area contributed by atoms with Crippen molar-refractivity contribution in [2.45, 2.75) is 52.5 Å². The van der Waals surface area contributed by atoms with Gasteiger partial charge < -0.3 is 10.1 Å². The molecule has 0 aromatic carbocycles. The Hall–Kier alpha value is -0.570. The number of carbonyl (C=O) groups is 1. The van der Waals surface area contributed by atoms with Crippen LogP contribution in [0.5, 0.6) is 0 Å². The van der Waals surface area contributed by atoms with E-state index in [4.69, 9.17) is 4.74 Å². The molecule has 1 saturated carbocycles. The maximum absolute atomic E-state index is 11.6. The number of hydrogen-bond donors (Lipinski definition) is 1. The predicted molar refractivity (Wildman–Crippen MR) is 65.2 cm³/mol. The molecule has 0 saturated heterocycles. The standard InChI is InChI=1S/C13H25NO2/c1-4-6-12(13(15)16-5-2)14-9-10(3)11-7-8-11/h10-12,14H,4-9H2,1-3H3. The van der Waals surface area contributed by atoms with Crippen LogP contribution in [0.3, 0.4) is 0 Å². The first-order valence-corrected chi connectivity index (χ1v) is 6.59. The predicted octanol–water partition coefficient (Wildman–Crippen LogP) is 2.35. The quantitative estimate of drug-likeness (QED) is 0.647. The topological polar surface area (TPSA) is 38.3 Å². The zero-order valence-electron chi connectivity index (χ0n) is 10.8. The van der Waals surface area contributed by atoms with Crippen molar-refractivity contribution < 1.29 is 9.53 Å². The molecule has 0 aliphatic heterocycles. The van der Waals surface area contributed by atoms with E-state index in [-0.39, 0.29) is 12.0 Å². The summed E-state index contributed by atoms with van der Waals surface area (Å²) < 4.78 is 5.06. The van der Waals surface area contributed by atoms with Crippen molar-refractivity contribution in [2.24, 2.45) is 11.8 Å². The average molecular weight is 227 g/mol. The van der Waals surface area contributed by atoms with Gasteiger partial charge >= 0.3 is 5.97 Å².